The van der Waals surface area contributed by atoms with Gasteiger partial charge in [-0.1, -0.05) is 13.8 Å². The molecule has 0 amide bonds. The van der Waals surface area contributed by atoms with Crippen molar-refractivity contribution in [3.8, 4) is 0 Å². The molecule has 0 aromatic carbocycles. The van der Waals surface area contributed by atoms with Crippen molar-refractivity contribution in [3.05, 3.63) is 12.4 Å². The largest absolute Gasteiger partial charge is 0.368 e. The molecule has 1 N–H and O–H groups in total. The number of rotatable bonds is 5. The molecular weight excluding hydrogens is 230 g/mol. The van der Waals surface area contributed by atoms with Crippen molar-refractivity contribution in [1.82, 2.24) is 9.97 Å². The molecule has 1 aromatic heterocycles. The van der Waals surface area contributed by atoms with Crippen molar-refractivity contribution in [2.24, 2.45) is 5.92 Å². The van der Waals surface area contributed by atoms with Gasteiger partial charge in [0.1, 0.15) is 17.2 Å². The van der Waals surface area contributed by atoms with E-state index in [9.17, 15) is 0 Å². The minimum Gasteiger partial charge on any atom is -0.368 e. The van der Waals surface area contributed by atoms with Crippen LogP contribution in [0.25, 0.3) is 0 Å². The summed E-state index contributed by atoms with van der Waals surface area (Å²) >= 11 is 7.73. The topological polar surface area (TPSA) is 37.8 Å². The SMILES string of the molecule is CSc1cc(NCC(Cl)C(C)C)ncn1. The molecule has 5 heteroatoms. The van der Waals surface area contributed by atoms with Gasteiger partial charge in [0.25, 0.3) is 0 Å². The number of nitrogens with one attached hydrogen (secondary N) is 1. The number of halogens is 1. The quantitative estimate of drug-likeness (QED) is 0.492. The summed E-state index contributed by atoms with van der Waals surface area (Å²) in [7, 11) is 0. The minimum atomic E-state index is 0.123. The molecule has 0 aliphatic rings. The lowest BCUT2D eigenvalue weighted by molar-refractivity contribution is 0.615. The van der Waals surface area contributed by atoms with Crippen LogP contribution in [0.5, 0.6) is 0 Å². The zero-order chi connectivity index (χ0) is 11.3. The summed E-state index contributed by atoms with van der Waals surface area (Å²) in [5.41, 5.74) is 0. The normalized spacial score (nSPS) is 12.9. The van der Waals surface area contributed by atoms with Gasteiger partial charge in [0.2, 0.25) is 0 Å². The number of alkyl halides is 1. The van der Waals surface area contributed by atoms with E-state index in [1.165, 1.54) is 0 Å². The Labute approximate surface area is 100 Å². The Hall–Kier alpha value is -0.480. The maximum absolute atomic E-state index is 6.13. The highest BCUT2D eigenvalue weighted by molar-refractivity contribution is 7.98. The molecule has 1 atom stereocenters. The second kappa shape index (κ2) is 6.18. The molecule has 84 valence electrons. The van der Waals surface area contributed by atoms with E-state index in [-0.39, 0.29) is 5.38 Å². The van der Waals surface area contributed by atoms with E-state index in [0.29, 0.717) is 5.92 Å². The average Bonchev–Trinajstić information content (AvgIpc) is 2.26. The lowest BCUT2D eigenvalue weighted by atomic mass is 10.1. The summed E-state index contributed by atoms with van der Waals surface area (Å²) in [6.07, 6.45) is 3.55. The van der Waals surface area contributed by atoms with Gasteiger partial charge in [-0.25, -0.2) is 9.97 Å². The highest BCUT2D eigenvalue weighted by Crippen LogP contribution is 2.15. The van der Waals surface area contributed by atoms with Gasteiger partial charge in [-0.15, -0.1) is 23.4 Å². The van der Waals surface area contributed by atoms with Crippen molar-refractivity contribution in [2.75, 3.05) is 18.1 Å². The molecule has 1 heterocycles. The van der Waals surface area contributed by atoms with Gasteiger partial charge < -0.3 is 5.32 Å². The fraction of sp³-hybridized carbons (Fsp3) is 0.600. The molecule has 0 fully saturated rings. The summed E-state index contributed by atoms with van der Waals surface area (Å²) in [4.78, 5) is 8.22. The van der Waals surface area contributed by atoms with Gasteiger partial charge in [-0.05, 0) is 12.2 Å². The fourth-order valence-corrected chi connectivity index (χ4v) is 1.44. The summed E-state index contributed by atoms with van der Waals surface area (Å²) in [5, 5.41) is 4.29. The maximum Gasteiger partial charge on any atom is 0.130 e. The monoisotopic (exact) mass is 245 g/mol. The second-order valence-corrected chi connectivity index (χ2v) is 4.97. The molecule has 0 saturated carbocycles. The average molecular weight is 246 g/mol. The summed E-state index contributed by atoms with van der Waals surface area (Å²) < 4.78 is 0. The lowest BCUT2D eigenvalue weighted by Crippen LogP contribution is -2.20. The van der Waals surface area contributed by atoms with Crippen LogP contribution in [0, 0.1) is 5.92 Å². The van der Waals surface area contributed by atoms with Crippen molar-refractivity contribution >= 4 is 29.2 Å². The number of anilines is 1. The van der Waals surface area contributed by atoms with Gasteiger partial charge in [0, 0.05) is 12.6 Å². The van der Waals surface area contributed by atoms with E-state index in [4.69, 9.17) is 11.6 Å². The number of nitrogens with zero attached hydrogens (tertiary/aromatic N) is 2. The highest BCUT2D eigenvalue weighted by atomic mass is 35.5. The highest BCUT2D eigenvalue weighted by Gasteiger charge is 2.09. The molecular formula is C10H16ClN3S. The molecule has 0 spiro atoms. The van der Waals surface area contributed by atoms with E-state index >= 15 is 0 Å². The van der Waals surface area contributed by atoms with E-state index < -0.39 is 0 Å². The predicted octanol–water partition coefficient (Wildman–Crippen LogP) is 2.87. The van der Waals surface area contributed by atoms with Gasteiger partial charge in [-0.3, -0.25) is 0 Å². The standard InChI is InChI=1S/C10H16ClN3S/c1-7(2)8(11)5-12-9-4-10(15-3)14-6-13-9/h4,6-8H,5H2,1-3H3,(H,12,13,14). The third-order valence-electron chi connectivity index (χ3n) is 2.05. The molecule has 1 unspecified atom stereocenters. The Morgan fingerprint density at radius 3 is 2.80 bits per heavy atom. The number of thioether (sulfide) groups is 1. The Morgan fingerprint density at radius 1 is 1.47 bits per heavy atom. The molecule has 0 aliphatic heterocycles. The van der Waals surface area contributed by atoms with Crippen LogP contribution in [-0.4, -0.2) is 28.1 Å². The molecule has 0 bridgehead atoms. The fourth-order valence-electron chi connectivity index (χ4n) is 0.986. The van der Waals surface area contributed by atoms with Crippen LogP contribution in [0.4, 0.5) is 5.82 Å². The first kappa shape index (κ1) is 12.6. The summed E-state index contributed by atoms with van der Waals surface area (Å²) in [6, 6.07) is 1.93. The van der Waals surface area contributed by atoms with Gasteiger partial charge in [0.15, 0.2) is 0 Å². The third-order valence-corrected chi connectivity index (χ3v) is 3.35. The lowest BCUT2D eigenvalue weighted by Gasteiger charge is -2.14. The Bertz CT molecular complexity index is 306. The van der Waals surface area contributed by atoms with E-state index in [0.717, 1.165) is 17.4 Å². The first-order valence-electron chi connectivity index (χ1n) is 4.87. The number of aromatic nitrogens is 2. The summed E-state index contributed by atoms with van der Waals surface area (Å²) in [6.45, 7) is 4.93. The number of hydrogen-bond acceptors (Lipinski definition) is 4. The van der Waals surface area contributed by atoms with Gasteiger partial charge in [0.05, 0.1) is 5.38 Å². The van der Waals surface area contributed by atoms with Crippen LogP contribution < -0.4 is 5.32 Å². The minimum absolute atomic E-state index is 0.123. The van der Waals surface area contributed by atoms with Crippen LogP contribution in [0.3, 0.4) is 0 Å². The van der Waals surface area contributed by atoms with Crippen LogP contribution in [0.15, 0.2) is 17.4 Å². The molecule has 1 rings (SSSR count). The molecule has 15 heavy (non-hydrogen) atoms. The first-order chi connectivity index (χ1) is 7.13. The van der Waals surface area contributed by atoms with E-state index in [1.807, 2.05) is 12.3 Å². The van der Waals surface area contributed by atoms with Crippen LogP contribution in [-0.2, 0) is 0 Å². The smallest absolute Gasteiger partial charge is 0.130 e. The van der Waals surface area contributed by atoms with Gasteiger partial charge >= 0.3 is 0 Å². The number of hydrogen-bond donors (Lipinski definition) is 1. The van der Waals surface area contributed by atoms with Crippen LogP contribution in [0.1, 0.15) is 13.8 Å². The molecule has 3 nitrogen and oxygen atoms in total. The Morgan fingerprint density at radius 2 is 2.20 bits per heavy atom. The second-order valence-electron chi connectivity index (χ2n) is 3.59. The molecule has 0 radical (unpaired) electrons. The van der Waals surface area contributed by atoms with E-state index in [1.54, 1.807) is 18.1 Å². The molecule has 1 aromatic rings. The summed E-state index contributed by atoms with van der Waals surface area (Å²) in [5.74, 6) is 1.29. The van der Waals surface area contributed by atoms with Crippen molar-refractivity contribution < 1.29 is 0 Å². The molecule has 0 saturated heterocycles. The first-order valence-corrected chi connectivity index (χ1v) is 6.53. The maximum atomic E-state index is 6.13. The van der Waals surface area contributed by atoms with Crippen molar-refractivity contribution in [1.29, 1.82) is 0 Å². The predicted molar refractivity (Wildman–Crippen MR) is 66.8 cm³/mol. The van der Waals surface area contributed by atoms with Gasteiger partial charge in [-0.2, -0.15) is 0 Å². The Balaban J connectivity index is 2.50. The third kappa shape index (κ3) is 4.26. The van der Waals surface area contributed by atoms with Crippen molar-refractivity contribution in [2.45, 2.75) is 24.3 Å². The van der Waals surface area contributed by atoms with Crippen LogP contribution >= 0.6 is 23.4 Å². The van der Waals surface area contributed by atoms with Crippen molar-refractivity contribution in [3.63, 3.8) is 0 Å². The zero-order valence-electron chi connectivity index (χ0n) is 9.20. The Kier molecular flexibility index (Phi) is 5.19. The van der Waals surface area contributed by atoms with Crippen LogP contribution in [0.2, 0.25) is 0 Å². The van der Waals surface area contributed by atoms with E-state index in [2.05, 4.69) is 29.1 Å². The zero-order valence-corrected chi connectivity index (χ0v) is 10.8. The molecule has 0 aliphatic carbocycles.